The molecule has 0 saturated heterocycles. The summed E-state index contributed by atoms with van der Waals surface area (Å²) < 4.78 is 0. The summed E-state index contributed by atoms with van der Waals surface area (Å²) in [4.78, 5) is 0.982. The Morgan fingerprint density at radius 1 is 1.50 bits per heavy atom. The van der Waals surface area contributed by atoms with Crippen molar-refractivity contribution in [3.63, 3.8) is 0 Å². The molecule has 1 unspecified atom stereocenters. The maximum atomic E-state index is 9.10. The fourth-order valence-electron chi connectivity index (χ4n) is 0.790. The van der Waals surface area contributed by atoms with Crippen LogP contribution in [-0.4, -0.2) is 22.1 Å². The molecule has 0 aromatic heterocycles. The van der Waals surface area contributed by atoms with Gasteiger partial charge in [-0.1, -0.05) is 6.07 Å². The lowest BCUT2D eigenvalue weighted by atomic mass is 10.3. The molecule has 1 rings (SSSR count). The summed E-state index contributed by atoms with van der Waals surface area (Å²) in [6, 6.07) is 7.02. The first-order valence-corrected chi connectivity index (χ1v) is 4.77. The monoisotopic (exact) mass is 184 g/mol. The normalized spacial score (nSPS) is 12.8. The SMILES string of the molecule is CC(O)CSc1cccc(O)c1. The van der Waals surface area contributed by atoms with Crippen LogP contribution >= 0.6 is 11.8 Å². The van der Waals surface area contributed by atoms with Crippen molar-refractivity contribution >= 4 is 11.8 Å². The van der Waals surface area contributed by atoms with Crippen molar-refractivity contribution in [3.05, 3.63) is 24.3 Å². The number of aliphatic hydroxyl groups excluding tert-OH is 1. The zero-order valence-corrected chi connectivity index (χ0v) is 7.71. The molecule has 0 aliphatic rings. The Hall–Kier alpha value is -0.670. The zero-order chi connectivity index (χ0) is 8.97. The first-order chi connectivity index (χ1) is 5.68. The fourth-order valence-corrected chi connectivity index (χ4v) is 1.60. The van der Waals surface area contributed by atoms with Gasteiger partial charge in [0.25, 0.3) is 0 Å². The number of thioether (sulfide) groups is 1. The highest BCUT2D eigenvalue weighted by atomic mass is 32.2. The maximum absolute atomic E-state index is 9.10. The van der Waals surface area contributed by atoms with E-state index in [9.17, 15) is 0 Å². The highest BCUT2D eigenvalue weighted by Gasteiger charge is 1.98. The van der Waals surface area contributed by atoms with Gasteiger partial charge in [-0.3, -0.25) is 0 Å². The Kier molecular flexibility index (Phi) is 3.44. The lowest BCUT2D eigenvalue weighted by Gasteiger charge is -2.03. The van der Waals surface area contributed by atoms with E-state index >= 15 is 0 Å². The van der Waals surface area contributed by atoms with Crippen LogP contribution in [0.5, 0.6) is 5.75 Å². The largest absolute Gasteiger partial charge is 0.508 e. The molecule has 0 spiro atoms. The topological polar surface area (TPSA) is 40.5 Å². The van der Waals surface area contributed by atoms with E-state index in [1.54, 1.807) is 25.1 Å². The van der Waals surface area contributed by atoms with Gasteiger partial charge in [0.05, 0.1) is 6.10 Å². The molecular weight excluding hydrogens is 172 g/mol. The van der Waals surface area contributed by atoms with Gasteiger partial charge in [-0.15, -0.1) is 11.8 Å². The van der Waals surface area contributed by atoms with E-state index in [1.165, 1.54) is 11.8 Å². The van der Waals surface area contributed by atoms with Crippen LogP contribution in [0.1, 0.15) is 6.92 Å². The second-order valence-corrected chi connectivity index (χ2v) is 3.75. The third-order valence-electron chi connectivity index (χ3n) is 1.31. The van der Waals surface area contributed by atoms with Crippen molar-refractivity contribution in [3.8, 4) is 5.75 Å². The van der Waals surface area contributed by atoms with E-state index in [0.29, 0.717) is 5.75 Å². The molecule has 0 fully saturated rings. The molecule has 0 aliphatic heterocycles. The van der Waals surface area contributed by atoms with Crippen molar-refractivity contribution in [2.24, 2.45) is 0 Å². The molecule has 0 saturated carbocycles. The van der Waals surface area contributed by atoms with Crippen molar-refractivity contribution in [2.45, 2.75) is 17.9 Å². The van der Waals surface area contributed by atoms with Crippen molar-refractivity contribution < 1.29 is 10.2 Å². The van der Waals surface area contributed by atoms with E-state index in [1.807, 2.05) is 6.07 Å². The molecule has 0 amide bonds. The number of aliphatic hydroxyl groups is 1. The number of hydrogen-bond donors (Lipinski definition) is 2. The first kappa shape index (κ1) is 9.42. The van der Waals surface area contributed by atoms with Crippen LogP contribution in [0, 0.1) is 0 Å². The molecule has 0 radical (unpaired) electrons. The molecule has 3 heteroatoms. The van der Waals surface area contributed by atoms with Crippen LogP contribution in [0.3, 0.4) is 0 Å². The number of hydrogen-bond acceptors (Lipinski definition) is 3. The summed E-state index contributed by atoms with van der Waals surface area (Å²) >= 11 is 1.53. The molecule has 0 aliphatic carbocycles. The maximum Gasteiger partial charge on any atom is 0.116 e. The summed E-state index contributed by atoms with van der Waals surface area (Å²) in [7, 11) is 0. The fraction of sp³-hybridized carbons (Fsp3) is 0.333. The number of aromatic hydroxyl groups is 1. The highest BCUT2D eigenvalue weighted by Crippen LogP contribution is 2.22. The Bertz CT molecular complexity index is 248. The lowest BCUT2D eigenvalue weighted by molar-refractivity contribution is 0.220. The molecule has 2 N–H and O–H groups in total. The second kappa shape index (κ2) is 4.38. The number of benzene rings is 1. The van der Waals surface area contributed by atoms with Gasteiger partial charge >= 0.3 is 0 Å². The van der Waals surface area contributed by atoms with Gasteiger partial charge in [0.15, 0.2) is 0 Å². The van der Waals surface area contributed by atoms with Crippen LogP contribution in [-0.2, 0) is 0 Å². The zero-order valence-electron chi connectivity index (χ0n) is 6.90. The molecule has 0 bridgehead atoms. The minimum Gasteiger partial charge on any atom is -0.508 e. The number of rotatable bonds is 3. The first-order valence-electron chi connectivity index (χ1n) is 3.78. The van der Waals surface area contributed by atoms with E-state index in [-0.39, 0.29) is 11.9 Å². The van der Waals surface area contributed by atoms with Gasteiger partial charge in [0, 0.05) is 10.6 Å². The van der Waals surface area contributed by atoms with Crippen molar-refractivity contribution in [1.29, 1.82) is 0 Å². The summed E-state index contributed by atoms with van der Waals surface area (Å²) in [5, 5.41) is 18.1. The quantitative estimate of drug-likeness (QED) is 0.704. The van der Waals surface area contributed by atoms with Gasteiger partial charge in [0.1, 0.15) is 5.75 Å². The molecule has 0 heterocycles. The van der Waals surface area contributed by atoms with Gasteiger partial charge in [0.2, 0.25) is 0 Å². The van der Waals surface area contributed by atoms with Crippen LogP contribution in [0.15, 0.2) is 29.2 Å². The Morgan fingerprint density at radius 2 is 2.25 bits per heavy atom. The van der Waals surface area contributed by atoms with Gasteiger partial charge in [-0.05, 0) is 25.1 Å². The highest BCUT2D eigenvalue weighted by molar-refractivity contribution is 7.99. The minimum atomic E-state index is -0.308. The van der Waals surface area contributed by atoms with Gasteiger partial charge < -0.3 is 10.2 Å². The summed E-state index contributed by atoms with van der Waals surface area (Å²) in [6.07, 6.45) is -0.308. The standard InChI is InChI=1S/C9H12O2S/c1-7(10)6-12-9-4-2-3-8(11)5-9/h2-5,7,10-11H,6H2,1H3. The Labute approximate surface area is 76.2 Å². The Morgan fingerprint density at radius 3 is 2.83 bits per heavy atom. The van der Waals surface area contributed by atoms with Gasteiger partial charge in [-0.2, -0.15) is 0 Å². The van der Waals surface area contributed by atoms with Crippen molar-refractivity contribution in [2.75, 3.05) is 5.75 Å². The Balaban J connectivity index is 2.52. The van der Waals surface area contributed by atoms with E-state index < -0.39 is 0 Å². The van der Waals surface area contributed by atoms with Crippen molar-refractivity contribution in [1.82, 2.24) is 0 Å². The average molecular weight is 184 g/mol. The molecule has 1 atom stereocenters. The third kappa shape index (κ3) is 3.15. The van der Waals surface area contributed by atoms with Gasteiger partial charge in [-0.25, -0.2) is 0 Å². The van der Waals surface area contributed by atoms with Crippen LogP contribution in [0.25, 0.3) is 0 Å². The minimum absolute atomic E-state index is 0.269. The van der Waals surface area contributed by atoms with E-state index in [4.69, 9.17) is 10.2 Å². The second-order valence-electron chi connectivity index (χ2n) is 2.66. The van der Waals surface area contributed by atoms with Crippen LogP contribution in [0.2, 0.25) is 0 Å². The van der Waals surface area contributed by atoms with E-state index in [2.05, 4.69) is 0 Å². The smallest absolute Gasteiger partial charge is 0.116 e. The number of phenols is 1. The predicted molar refractivity (Wildman–Crippen MR) is 50.5 cm³/mol. The van der Waals surface area contributed by atoms with Crippen LogP contribution < -0.4 is 0 Å². The molecule has 2 nitrogen and oxygen atoms in total. The predicted octanol–water partition coefficient (Wildman–Crippen LogP) is 1.87. The summed E-state index contributed by atoms with van der Waals surface area (Å²) in [5.74, 6) is 0.925. The van der Waals surface area contributed by atoms with E-state index in [0.717, 1.165) is 4.90 Å². The lowest BCUT2D eigenvalue weighted by Crippen LogP contribution is -2.01. The molecule has 66 valence electrons. The molecule has 1 aromatic rings. The average Bonchev–Trinajstić information content (AvgIpc) is 2.01. The summed E-state index contributed by atoms with van der Waals surface area (Å²) in [5.41, 5.74) is 0. The molecular formula is C9H12O2S. The third-order valence-corrected chi connectivity index (χ3v) is 2.55. The van der Waals surface area contributed by atoms with Crippen LogP contribution in [0.4, 0.5) is 0 Å². The molecule has 1 aromatic carbocycles. The number of phenolic OH excluding ortho intramolecular Hbond substituents is 1. The summed E-state index contributed by atoms with van der Waals surface area (Å²) in [6.45, 7) is 1.75. The molecule has 12 heavy (non-hydrogen) atoms.